The Morgan fingerprint density at radius 2 is 2.00 bits per heavy atom. The molecule has 0 radical (unpaired) electrons. The van der Waals surface area contributed by atoms with E-state index in [-0.39, 0.29) is 11.2 Å². The van der Waals surface area contributed by atoms with Crippen molar-refractivity contribution >= 4 is 23.6 Å². The lowest BCUT2D eigenvalue weighted by Crippen LogP contribution is -2.50. The second-order valence-corrected chi connectivity index (χ2v) is 6.27. The third-order valence-corrected chi connectivity index (χ3v) is 3.97. The molecule has 0 spiro atoms. The van der Waals surface area contributed by atoms with Crippen molar-refractivity contribution in [3.8, 4) is 0 Å². The Hall–Kier alpha value is -0.750. The van der Waals surface area contributed by atoms with E-state index in [4.69, 9.17) is 0 Å². The molecule has 0 aliphatic heterocycles. The number of aliphatic carboxylic acids is 1. The molecule has 0 aliphatic rings. The fourth-order valence-corrected chi connectivity index (χ4v) is 2.78. The molecule has 0 rings (SSSR count). The highest BCUT2D eigenvalue weighted by molar-refractivity contribution is 8.00. The van der Waals surface area contributed by atoms with Gasteiger partial charge in [-0.05, 0) is 26.3 Å². The molecule has 112 valence electrons. The van der Waals surface area contributed by atoms with Gasteiger partial charge < -0.3 is 15.7 Å². The highest BCUT2D eigenvalue weighted by atomic mass is 32.2. The molecule has 3 N–H and O–H groups in total. The van der Waals surface area contributed by atoms with Gasteiger partial charge in [0, 0.05) is 11.8 Å². The maximum Gasteiger partial charge on any atom is 0.323 e. The van der Waals surface area contributed by atoms with Crippen LogP contribution in [0.4, 0.5) is 0 Å². The molecular formula is C13H26N2O3S. The molecule has 0 aromatic heterocycles. The first-order chi connectivity index (χ1) is 8.85. The standard InChI is InChI=1S/C13H26N2O3S/c1-5-7-14-11(16)9-19-10(3)8-13(4,12(17)18)15-6-2/h10,15H,5-9H2,1-4H3,(H,14,16)(H,17,18). The molecule has 0 fully saturated rings. The van der Waals surface area contributed by atoms with Gasteiger partial charge in [0.2, 0.25) is 5.91 Å². The van der Waals surface area contributed by atoms with Crippen molar-refractivity contribution in [1.29, 1.82) is 0 Å². The maximum atomic E-state index is 11.5. The summed E-state index contributed by atoms with van der Waals surface area (Å²) in [5, 5.41) is 15.2. The minimum absolute atomic E-state index is 0.0131. The van der Waals surface area contributed by atoms with Gasteiger partial charge in [0.25, 0.3) is 0 Å². The Morgan fingerprint density at radius 1 is 1.37 bits per heavy atom. The van der Waals surface area contributed by atoms with Crippen molar-refractivity contribution in [2.45, 2.75) is 51.3 Å². The van der Waals surface area contributed by atoms with E-state index >= 15 is 0 Å². The van der Waals surface area contributed by atoms with Crippen LogP contribution < -0.4 is 10.6 Å². The molecular weight excluding hydrogens is 264 g/mol. The number of carboxylic acids is 1. The SMILES string of the molecule is CCCNC(=O)CSC(C)CC(C)(NCC)C(=O)O. The molecule has 19 heavy (non-hydrogen) atoms. The zero-order valence-corrected chi connectivity index (χ0v) is 13.1. The van der Waals surface area contributed by atoms with Gasteiger partial charge in [-0.15, -0.1) is 11.8 Å². The fraction of sp³-hybridized carbons (Fsp3) is 0.846. The average molecular weight is 290 g/mol. The Kier molecular flexibility index (Phi) is 8.84. The second kappa shape index (κ2) is 9.20. The maximum absolute atomic E-state index is 11.5. The highest BCUT2D eigenvalue weighted by Gasteiger charge is 2.33. The van der Waals surface area contributed by atoms with Crippen LogP contribution in [0.5, 0.6) is 0 Å². The van der Waals surface area contributed by atoms with E-state index in [1.54, 1.807) is 6.92 Å². The Balaban J connectivity index is 4.17. The summed E-state index contributed by atoms with van der Waals surface area (Å²) in [6.07, 6.45) is 1.41. The van der Waals surface area contributed by atoms with Gasteiger partial charge in [-0.25, -0.2) is 0 Å². The van der Waals surface area contributed by atoms with E-state index in [1.165, 1.54) is 11.8 Å². The van der Waals surface area contributed by atoms with E-state index in [1.807, 2.05) is 20.8 Å². The number of rotatable bonds is 10. The van der Waals surface area contributed by atoms with Crippen LogP contribution in [-0.2, 0) is 9.59 Å². The molecule has 0 heterocycles. The number of amides is 1. The molecule has 2 atom stereocenters. The molecule has 0 saturated carbocycles. The first-order valence-corrected chi connectivity index (χ1v) is 7.77. The van der Waals surface area contributed by atoms with Crippen molar-refractivity contribution in [3.63, 3.8) is 0 Å². The minimum Gasteiger partial charge on any atom is -0.480 e. The van der Waals surface area contributed by atoms with E-state index in [2.05, 4.69) is 10.6 Å². The van der Waals surface area contributed by atoms with Crippen LogP contribution in [-0.4, -0.2) is 46.6 Å². The fourth-order valence-electron chi connectivity index (χ4n) is 1.79. The zero-order chi connectivity index (χ0) is 14.9. The number of carbonyl (C=O) groups excluding carboxylic acids is 1. The first-order valence-electron chi connectivity index (χ1n) is 6.72. The van der Waals surface area contributed by atoms with Crippen molar-refractivity contribution in [2.75, 3.05) is 18.8 Å². The van der Waals surface area contributed by atoms with Gasteiger partial charge >= 0.3 is 5.97 Å². The number of nitrogens with one attached hydrogen (secondary N) is 2. The lowest BCUT2D eigenvalue weighted by atomic mass is 9.96. The predicted octanol–water partition coefficient (Wildman–Crippen LogP) is 1.48. The number of hydrogen-bond donors (Lipinski definition) is 3. The highest BCUT2D eigenvalue weighted by Crippen LogP contribution is 2.22. The molecule has 6 heteroatoms. The second-order valence-electron chi connectivity index (χ2n) is 4.84. The van der Waals surface area contributed by atoms with Crippen molar-refractivity contribution in [2.24, 2.45) is 0 Å². The van der Waals surface area contributed by atoms with Crippen LogP contribution in [0.3, 0.4) is 0 Å². The third kappa shape index (κ3) is 7.42. The van der Waals surface area contributed by atoms with Gasteiger partial charge in [0.05, 0.1) is 5.75 Å². The van der Waals surface area contributed by atoms with E-state index in [0.717, 1.165) is 6.42 Å². The monoisotopic (exact) mass is 290 g/mol. The van der Waals surface area contributed by atoms with E-state index < -0.39 is 11.5 Å². The zero-order valence-electron chi connectivity index (χ0n) is 12.3. The number of carboxylic acid groups (broad SMARTS) is 1. The van der Waals surface area contributed by atoms with Crippen LogP contribution in [0.1, 0.15) is 40.5 Å². The van der Waals surface area contributed by atoms with Crippen LogP contribution in [0, 0.1) is 0 Å². The Labute approximate surface area is 119 Å². The van der Waals surface area contributed by atoms with Gasteiger partial charge in [0.15, 0.2) is 0 Å². The smallest absolute Gasteiger partial charge is 0.323 e. The molecule has 5 nitrogen and oxygen atoms in total. The average Bonchev–Trinajstić information content (AvgIpc) is 2.33. The minimum atomic E-state index is -0.930. The largest absolute Gasteiger partial charge is 0.480 e. The first kappa shape index (κ1) is 18.2. The Morgan fingerprint density at radius 3 is 2.47 bits per heavy atom. The molecule has 0 aromatic rings. The third-order valence-electron chi connectivity index (χ3n) is 2.81. The predicted molar refractivity (Wildman–Crippen MR) is 79.6 cm³/mol. The van der Waals surface area contributed by atoms with E-state index in [0.29, 0.717) is 25.3 Å². The molecule has 0 saturated heterocycles. The summed E-state index contributed by atoms with van der Waals surface area (Å²) in [4.78, 5) is 22.7. The summed E-state index contributed by atoms with van der Waals surface area (Å²) in [5.41, 5.74) is -0.930. The van der Waals surface area contributed by atoms with Crippen LogP contribution in [0.2, 0.25) is 0 Å². The van der Waals surface area contributed by atoms with Crippen molar-refractivity contribution in [1.82, 2.24) is 10.6 Å². The summed E-state index contributed by atoms with van der Waals surface area (Å²) in [5.74, 6) is -0.459. The lowest BCUT2D eigenvalue weighted by molar-refractivity contribution is -0.144. The summed E-state index contributed by atoms with van der Waals surface area (Å²) in [6.45, 7) is 8.83. The topological polar surface area (TPSA) is 78.4 Å². The van der Waals surface area contributed by atoms with Crippen molar-refractivity contribution < 1.29 is 14.7 Å². The lowest BCUT2D eigenvalue weighted by Gasteiger charge is -2.28. The number of carbonyl (C=O) groups is 2. The van der Waals surface area contributed by atoms with Gasteiger partial charge in [-0.1, -0.05) is 20.8 Å². The molecule has 0 aliphatic carbocycles. The molecule has 0 aromatic carbocycles. The van der Waals surface area contributed by atoms with Gasteiger partial charge in [-0.2, -0.15) is 0 Å². The quantitative estimate of drug-likeness (QED) is 0.568. The van der Waals surface area contributed by atoms with Crippen LogP contribution >= 0.6 is 11.8 Å². The van der Waals surface area contributed by atoms with Gasteiger partial charge in [-0.3, -0.25) is 9.59 Å². The van der Waals surface area contributed by atoms with Gasteiger partial charge in [0.1, 0.15) is 5.54 Å². The summed E-state index contributed by atoms with van der Waals surface area (Å²) >= 11 is 1.49. The molecule has 1 amide bonds. The Bertz CT molecular complexity index is 300. The molecule has 2 unspecified atom stereocenters. The summed E-state index contributed by atoms with van der Waals surface area (Å²) in [7, 11) is 0. The van der Waals surface area contributed by atoms with Crippen molar-refractivity contribution in [3.05, 3.63) is 0 Å². The summed E-state index contributed by atoms with van der Waals surface area (Å²) in [6, 6.07) is 0. The van der Waals surface area contributed by atoms with E-state index in [9.17, 15) is 14.7 Å². The number of likely N-dealkylation sites (N-methyl/N-ethyl adjacent to an activating group) is 1. The number of hydrogen-bond acceptors (Lipinski definition) is 4. The molecule has 0 bridgehead atoms. The summed E-state index contributed by atoms with van der Waals surface area (Å²) < 4.78 is 0. The van der Waals surface area contributed by atoms with Crippen LogP contribution in [0.25, 0.3) is 0 Å². The normalized spacial score (nSPS) is 15.6. The van der Waals surface area contributed by atoms with Crippen LogP contribution in [0.15, 0.2) is 0 Å². The number of thioether (sulfide) groups is 1.